The lowest BCUT2D eigenvalue weighted by Gasteiger charge is -2.24. The zero-order valence-corrected chi connectivity index (χ0v) is 9.17. The van der Waals surface area contributed by atoms with Crippen LogP contribution >= 0.6 is 24.4 Å². The van der Waals surface area contributed by atoms with Crippen molar-refractivity contribution < 1.29 is 0 Å². The molecule has 1 heterocycles. The number of thioether (sulfide) groups is 1. The lowest BCUT2D eigenvalue weighted by atomic mass is 10.2. The first-order valence-electron chi connectivity index (χ1n) is 3.88. The van der Waals surface area contributed by atoms with Gasteiger partial charge in [0.15, 0.2) is 0 Å². The summed E-state index contributed by atoms with van der Waals surface area (Å²) in [6.45, 7) is 8.55. The minimum absolute atomic E-state index is 0.00656. The Morgan fingerprint density at radius 3 is 2.45 bits per heavy atom. The van der Waals surface area contributed by atoms with Crippen molar-refractivity contribution in [2.45, 2.75) is 43.1 Å². The molecule has 0 aromatic heterocycles. The van der Waals surface area contributed by atoms with Gasteiger partial charge in [0.2, 0.25) is 0 Å². The molecule has 0 aliphatic carbocycles. The Hall–Kier alpha value is 0.370. The maximum absolute atomic E-state index is 4.60. The van der Waals surface area contributed by atoms with E-state index in [1.807, 2.05) is 11.8 Å². The highest BCUT2D eigenvalue weighted by Crippen LogP contribution is 2.41. The zero-order valence-electron chi connectivity index (χ0n) is 7.46. The normalized spacial score (nSPS) is 40.5. The van der Waals surface area contributed by atoms with Crippen LogP contribution in [0.4, 0.5) is 0 Å². The lowest BCUT2D eigenvalue weighted by molar-refractivity contribution is 0.682. The van der Waals surface area contributed by atoms with Gasteiger partial charge in [-0.05, 0) is 20.8 Å². The van der Waals surface area contributed by atoms with Crippen molar-refractivity contribution in [2.75, 3.05) is 0 Å². The van der Waals surface area contributed by atoms with Crippen LogP contribution in [0.3, 0.4) is 0 Å². The van der Waals surface area contributed by atoms with Crippen molar-refractivity contribution in [3.63, 3.8) is 0 Å². The number of hydrogen-bond acceptors (Lipinski definition) is 3. The van der Waals surface area contributed by atoms with E-state index in [1.54, 1.807) is 0 Å². The number of nitrogens with zero attached hydrogens (tertiary/aromatic N) is 1. The van der Waals surface area contributed by atoms with E-state index < -0.39 is 0 Å². The van der Waals surface area contributed by atoms with Crippen LogP contribution in [0, 0.1) is 0 Å². The molecule has 0 amide bonds. The molecule has 0 radical (unpaired) electrons. The predicted molar refractivity (Wildman–Crippen MR) is 57.0 cm³/mol. The summed E-state index contributed by atoms with van der Waals surface area (Å²) in [7, 11) is 0. The fourth-order valence-corrected chi connectivity index (χ4v) is 2.68. The summed E-state index contributed by atoms with van der Waals surface area (Å²) in [4.78, 5) is 4.61. The van der Waals surface area contributed by atoms with Gasteiger partial charge < -0.3 is 0 Å². The molecule has 1 nitrogen and oxygen atoms in total. The van der Waals surface area contributed by atoms with Crippen LogP contribution in [0.1, 0.15) is 27.7 Å². The molecule has 3 heteroatoms. The van der Waals surface area contributed by atoms with E-state index in [4.69, 9.17) is 0 Å². The summed E-state index contributed by atoms with van der Waals surface area (Å²) in [5.41, 5.74) is 1.25. The smallest absolute Gasteiger partial charge is 0.115 e. The monoisotopic (exact) mass is 189 g/mol. The first-order valence-corrected chi connectivity index (χ1v) is 5.27. The highest BCUT2D eigenvalue weighted by Gasteiger charge is 2.36. The topological polar surface area (TPSA) is 12.4 Å². The van der Waals surface area contributed by atoms with Gasteiger partial charge in [-0.15, -0.1) is 11.8 Å². The van der Waals surface area contributed by atoms with E-state index in [0.717, 1.165) is 0 Å². The number of thiol groups is 1. The zero-order chi connectivity index (χ0) is 8.65. The van der Waals surface area contributed by atoms with E-state index in [-0.39, 0.29) is 4.87 Å². The molecule has 0 unspecified atom stereocenters. The SMILES string of the molecule is CC1=N[C@](C)([C@@H](C)S)S[C@H]1C. The van der Waals surface area contributed by atoms with Gasteiger partial charge >= 0.3 is 0 Å². The molecule has 0 saturated carbocycles. The Morgan fingerprint density at radius 2 is 2.27 bits per heavy atom. The lowest BCUT2D eigenvalue weighted by Crippen LogP contribution is -2.25. The fraction of sp³-hybridized carbons (Fsp3) is 0.875. The van der Waals surface area contributed by atoms with Crippen LogP contribution in [-0.2, 0) is 0 Å². The van der Waals surface area contributed by atoms with Gasteiger partial charge in [0, 0.05) is 16.2 Å². The third-order valence-corrected chi connectivity index (χ3v) is 4.47. The molecule has 0 saturated heterocycles. The third-order valence-electron chi connectivity index (χ3n) is 2.18. The van der Waals surface area contributed by atoms with Crippen molar-refractivity contribution in [3.05, 3.63) is 0 Å². The molecule has 0 bridgehead atoms. The Bertz CT molecular complexity index is 189. The van der Waals surface area contributed by atoms with Gasteiger partial charge in [0.25, 0.3) is 0 Å². The standard InChI is InChI=1S/C8H15NS2/c1-5-6(2)11-8(4,9-5)7(3)10/h6-7,10H,1-4H3/t6-,7+,8-/m0/s1. The molecule has 1 aliphatic rings. The Balaban J connectivity index is 2.79. The molecule has 0 spiro atoms. The van der Waals surface area contributed by atoms with Crippen LogP contribution in [0.5, 0.6) is 0 Å². The largest absolute Gasteiger partial charge is 0.275 e. The molecule has 11 heavy (non-hydrogen) atoms. The average Bonchev–Trinajstić information content (AvgIpc) is 2.09. The second-order valence-electron chi connectivity index (χ2n) is 3.24. The highest BCUT2D eigenvalue weighted by molar-refractivity contribution is 8.03. The summed E-state index contributed by atoms with van der Waals surface area (Å²) >= 11 is 6.34. The molecule has 3 atom stereocenters. The molecule has 0 N–H and O–H groups in total. The number of hydrogen-bond donors (Lipinski definition) is 1. The van der Waals surface area contributed by atoms with Crippen molar-refractivity contribution >= 4 is 30.1 Å². The first kappa shape index (κ1) is 9.46. The van der Waals surface area contributed by atoms with Crippen molar-refractivity contribution in [2.24, 2.45) is 4.99 Å². The molecular weight excluding hydrogens is 174 g/mol. The van der Waals surface area contributed by atoms with Crippen LogP contribution in [0.2, 0.25) is 0 Å². The van der Waals surface area contributed by atoms with Crippen LogP contribution in [-0.4, -0.2) is 21.1 Å². The van der Waals surface area contributed by atoms with Gasteiger partial charge in [0.1, 0.15) is 4.87 Å². The molecular formula is C8H15NS2. The van der Waals surface area contributed by atoms with Gasteiger partial charge in [-0.1, -0.05) is 6.92 Å². The maximum Gasteiger partial charge on any atom is 0.115 e. The number of aliphatic imine (C=N–C) groups is 1. The summed E-state index contributed by atoms with van der Waals surface area (Å²) < 4.78 is 0. The second kappa shape index (κ2) is 3.02. The molecule has 1 rings (SSSR count). The minimum Gasteiger partial charge on any atom is -0.275 e. The number of rotatable bonds is 1. The van der Waals surface area contributed by atoms with Crippen LogP contribution in [0.15, 0.2) is 4.99 Å². The van der Waals surface area contributed by atoms with E-state index in [1.165, 1.54) is 5.71 Å². The highest BCUT2D eigenvalue weighted by atomic mass is 32.2. The predicted octanol–water partition coefficient (Wildman–Crippen LogP) is 2.62. The quantitative estimate of drug-likeness (QED) is 0.625. The maximum atomic E-state index is 4.60. The van der Waals surface area contributed by atoms with Gasteiger partial charge in [-0.3, -0.25) is 4.99 Å². The summed E-state index contributed by atoms with van der Waals surface area (Å²) in [6.07, 6.45) is 0. The summed E-state index contributed by atoms with van der Waals surface area (Å²) in [5, 5.41) is 0.891. The molecule has 0 aromatic rings. The van der Waals surface area contributed by atoms with Crippen LogP contribution < -0.4 is 0 Å². The van der Waals surface area contributed by atoms with E-state index in [9.17, 15) is 0 Å². The van der Waals surface area contributed by atoms with Gasteiger partial charge in [-0.25, -0.2) is 0 Å². The van der Waals surface area contributed by atoms with Crippen molar-refractivity contribution in [3.8, 4) is 0 Å². The van der Waals surface area contributed by atoms with Crippen molar-refractivity contribution in [1.82, 2.24) is 0 Å². The van der Waals surface area contributed by atoms with Crippen molar-refractivity contribution in [1.29, 1.82) is 0 Å². The average molecular weight is 189 g/mol. The van der Waals surface area contributed by atoms with E-state index in [2.05, 4.69) is 45.3 Å². The Labute approximate surface area is 78.5 Å². The van der Waals surface area contributed by atoms with Gasteiger partial charge in [0.05, 0.1) is 0 Å². The van der Waals surface area contributed by atoms with E-state index >= 15 is 0 Å². The Kier molecular flexibility index (Phi) is 2.59. The molecule has 0 fully saturated rings. The minimum atomic E-state index is 0.00656. The summed E-state index contributed by atoms with van der Waals surface area (Å²) in [5.74, 6) is 0. The first-order chi connectivity index (χ1) is 4.96. The third kappa shape index (κ3) is 1.75. The summed E-state index contributed by atoms with van der Waals surface area (Å²) in [6, 6.07) is 0. The Morgan fingerprint density at radius 1 is 1.73 bits per heavy atom. The molecule has 64 valence electrons. The molecule has 0 aromatic carbocycles. The van der Waals surface area contributed by atoms with Gasteiger partial charge in [-0.2, -0.15) is 12.6 Å². The fourth-order valence-electron chi connectivity index (χ4n) is 1.10. The van der Waals surface area contributed by atoms with Crippen LogP contribution in [0.25, 0.3) is 0 Å². The molecule has 1 aliphatic heterocycles. The van der Waals surface area contributed by atoms with E-state index in [0.29, 0.717) is 10.5 Å². The second-order valence-corrected chi connectivity index (χ2v) is 5.79.